The molecule has 3 aliphatic carbocycles. The maximum absolute atomic E-state index is 15.2. The van der Waals surface area contributed by atoms with Crippen LogP contribution in [0.25, 0.3) is 0 Å². The fourth-order valence-electron chi connectivity index (χ4n) is 9.49. The largest absolute Gasteiger partial charge is 0.505 e. The van der Waals surface area contributed by atoms with Gasteiger partial charge >= 0.3 is 0 Å². The molecule has 0 spiro atoms. The summed E-state index contributed by atoms with van der Waals surface area (Å²) in [6.45, 7) is 0. The van der Waals surface area contributed by atoms with Crippen molar-refractivity contribution < 1.29 is 33.1 Å². The third-order valence-electron chi connectivity index (χ3n) is 11.6. The fourth-order valence-corrected chi connectivity index (χ4v) is 9.61. The normalized spacial score (nSPS) is 29.9. The van der Waals surface area contributed by atoms with Crippen LogP contribution in [0.5, 0.6) is 5.75 Å². The zero-order valence-corrected chi connectivity index (χ0v) is 27.2. The van der Waals surface area contributed by atoms with Gasteiger partial charge in [-0.1, -0.05) is 66.8 Å². The van der Waals surface area contributed by atoms with Crippen molar-refractivity contribution in [2.24, 2.45) is 23.7 Å². The summed E-state index contributed by atoms with van der Waals surface area (Å²) in [4.78, 5) is 59.5. The Hall–Kier alpha value is -4.57. The van der Waals surface area contributed by atoms with Crippen LogP contribution < -0.4 is 5.43 Å². The highest BCUT2D eigenvalue weighted by Gasteiger charge is 2.70. The van der Waals surface area contributed by atoms with E-state index in [0.717, 1.165) is 43.2 Å². The van der Waals surface area contributed by atoms with Gasteiger partial charge in [-0.2, -0.15) is 5.01 Å². The van der Waals surface area contributed by atoms with Crippen molar-refractivity contribution in [3.8, 4) is 5.75 Å². The van der Waals surface area contributed by atoms with Crippen LogP contribution in [0.4, 0.5) is 14.5 Å². The number of aromatic hydroxyl groups is 1. The Morgan fingerprint density at radius 1 is 0.837 bits per heavy atom. The zero-order valence-electron chi connectivity index (χ0n) is 26.5. The number of halogens is 3. The number of carbonyl (C=O) groups is 4. The second-order valence-electron chi connectivity index (χ2n) is 13.9. The number of anilines is 1. The summed E-state index contributed by atoms with van der Waals surface area (Å²) >= 11 is 6.30. The van der Waals surface area contributed by atoms with Crippen molar-refractivity contribution in [1.82, 2.24) is 9.91 Å². The van der Waals surface area contributed by atoms with Crippen LogP contribution >= 0.6 is 11.6 Å². The molecule has 2 aliphatic heterocycles. The Balaban J connectivity index is 1.32. The quantitative estimate of drug-likeness (QED) is 0.230. The molecule has 8 nitrogen and oxygen atoms in total. The lowest BCUT2D eigenvalue weighted by Crippen LogP contribution is -2.53. The van der Waals surface area contributed by atoms with Crippen LogP contribution in [-0.2, 0) is 24.6 Å². The number of para-hydroxylation sites is 1. The van der Waals surface area contributed by atoms with Crippen LogP contribution in [0.3, 0.4) is 0 Å². The number of phenols is 1. The molecule has 252 valence electrons. The molecule has 0 aromatic heterocycles. The molecule has 4 fully saturated rings. The fraction of sp³-hybridized carbons (Fsp3) is 0.368. The molecule has 5 aliphatic rings. The molecule has 2 heterocycles. The molecular formula is C38H34ClF2N3O5. The van der Waals surface area contributed by atoms with Crippen molar-refractivity contribution >= 4 is 40.9 Å². The van der Waals surface area contributed by atoms with Gasteiger partial charge in [0.05, 0.1) is 28.9 Å². The number of likely N-dealkylation sites (tertiary alicyclic amines) is 1. The standard InChI is InChI=1S/C38H34ClF2N3O5/c39-21-11-9-20(10-12-21)38-29(35(47)44(37(38)49)42-23-15-13-22(40)14-16-23)19-28-25(32(38)27-7-4-8-30(41)33(27)45)17-18-26-31(28)36(48)43(34(26)46)24-5-2-1-3-6-24/h4,7-17,24,26,28-29,31-32,42,45H,1-3,5-6,18-19H2. The first-order valence-electron chi connectivity index (χ1n) is 16.8. The molecule has 4 amide bonds. The first-order chi connectivity index (χ1) is 23.6. The van der Waals surface area contributed by atoms with Gasteiger partial charge in [-0.25, -0.2) is 8.78 Å². The van der Waals surface area contributed by atoms with E-state index in [1.165, 1.54) is 41.3 Å². The number of imide groups is 2. The van der Waals surface area contributed by atoms with Gasteiger partial charge in [0.15, 0.2) is 11.6 Å². The predicted octanol–water partition coefficient (Wildman–Crippen LogP) is 6.64. The minimum atomic E-state index is -1.70. The van der Waals surface area contributed by atoms with Crippen molar-refractivity contribution in [3.05, 3.63) is 106 Å². The van der Waals surface area contributed by atoms with E-state index in [1.807, 2.05) is 6.08 Å². The lowest BCUT2D eigenvalue weighted by atomic mass is 9.49. The Bertz CT molecular complexity index is 1910. The van der Waals surface area contributed by atoms with E-state index in [4.69, 9.17) is 11.6 Å². The van der Waals surface area contributed by atoms with Crippen molar-refractivity contribution in [2.45, 2.75) is 62.3 Å². The number of rotatable bonds is 5. The SMILES string of the molecule is O=C1C2CC3C(=CCC4C(=O)N(C5CCCCC5)C(=O)C43)C(c3cccc(F)c3O)C2(c2ccc(Cl)cc2)C(=O)N1Nc1ccc(F)cc1. The molecule has 0 bridgehead atoms. The molecule has 0 radical (unpaired) electrons. The van der Waals surface area contributed by atoms with Crippen LogP contribution in [0.1, 0.15) is 62.0 Å². The third kappa shape index (κ3) is 4.66. The van der Waals surface area contributed by atoms with Crippen LogP contribution in [0.15, 0.2) is 78.4 Å². The number of phenolic OH excluding ortho intramolecular Hbond substituents is 1. The lowest BCUT2D eigenvalue weighted by molar-refractivity contribution is -0.144. The molecule has 3 aromatic rings. The van der Waals surface area contributed by atoms with Gasteiger partial charge in [-0.05, 0) is 79.6 Å². The highest BCUT2D eigenvalue weighted by Crippen LogP contribution is 2.65. The van der Waals surface area contributed by atoms with E-state index in [0.29, 0.717) is 16.2 Å². The smallest absolute Gasteiger partial charge is 0.260 e. The van der Waals surface area contributed by atoms with Gasteiger partial charge < -0.3 is 5.11 Å². The number of nitrogens with zero attached hydrogens (tertiary/aromatic N) is 2. The zero-order chi connectivity index (χ0) is 34.2. The molecule has 49 heavy (non-hydrogen) atoms. The van der Waals surface area contributed by atoms with Crippen molar-refractivity contribution in [3.63, 3.8) is 0 Å². The number of nitrogens with one attached hydrogen (secondary N) is 1. The Morgan fingerprint density at radius 3 is 2.27 bits per heavy atom. The van der Waals surface area contributed by atoms with Gasteiger partial charge in [0.2, 0.25) is 11.8 Å². The molecule has 6 unspecified atom stereocenters. The number of hydrogen-bond donors (Lipinski definition) is 2. The van der Waals surface area contributed by atoms with E-state index in [1.54, 1.807) is 24.3 Å². The first kappa shape index (κ1) is 31.7. The van der Waals surface area contributed by atoms with Crippen LogP contribution in [0, 0.1) is 35.3 Å². The van der Waals surface area contributed by atoms with E-state index in [-0.39, 0.29) is 41.9 Å². The summed E-state index contributed by atoms with van der Waals surface area (Å²) in [6.07, 6.45) is 6.60. The average Bonchev–Trinajstić information content (AvgIpc) is 3.48. The predicted molar refractivity (Wildman–Crippen MR) is 176 cm³/mol. The average molecular weight is 686 g/mol. The minimum Gasteiger partial charge on any atom is -0.505 e. The minimum absolute atomic E-state index is 0.0614. The number of fused-ring (bicyclic) bond motifs is 4. The molecule has 2 N–H and O–H groups in total. The molecule has 8 rings (SSSR count). The van der Waals surface area contributed by atoms with Gasteiger partial charge in [0.25, 0.3) is 11.8 Å². The molecule has 2 saturated carbocycles. The number of hydrazine groups is 1. The highest BCUT2D eigenvalue weighted by molar-refractivity contribution is 6.30. The van der Waals surface area contributed by atoms with E-state index >= 15 is 9.18 Å². The molecule has 3 aromatic carbocycles. The summed E-state index contributed by atoms with van der Waals surface area (Å²) in [5.74, 6) is -7.96. The maximum atomic E-state index is 15.2. The number of allylic oxidation sites excluding steroid dienone is 2. The summed E-state index contributed by atoms with van der Waals surface area (Å²) in [5, 5.41) is 12.6. The van der Waals surface area contributed by atoms with Crippen LogP contribution in [0.2, 0.25) is 5.02 Å². The number of benzene rings is 3. The molecule has 2 saturated heterocycles. The maximum Gasteiger partial charge on any atom is 0.260 e. The van der Waals surface area contributed by atoms with Gasteiger partial charge in [0.1, 0.15) is 5.82 Å². The molecule has 11 heteroatoms. The van der Waals surface area contributed by atoms with Crippen molar-refractivity contribution in [2.75, 3.05) is 5.43 Å². The Labute approximate surface area is 286 Å². The molecular weight excluding hydrogens is 652 g/mol. The lowest BCUT2D eigenvalue weighted by Gasteiger charge is -2.50. The highest BCUT2D eigenvalue weighted by atomic mass is 35.5. The number of amides is 4. The topological polar surface area (TPSA) is 107 Å². The summed E-state index contributed by atoms with van der Waals surface area (Å²) in [5.41, 5.74) is 2.60. The van der Waals surface area contributed by atoms with Gasteiger partial charge in [0, 0.05) is 22.5 Å². The van der Waals surface area contributed by atoms with Gasteiger partial charge in [-0.15, -0.1) is 0 Å². The summed E-state index contributed by atoms with van der Waals surface area (Å²) in [6, 6.07) is 15.7. The Kier molecular flexibility index (Phi) is 7.62. The van der Waals surface area contributed by atoms with E-state index in [9.17, 15) is 23.9 Å². The molecule has 6 atom stereocenters. The summed E-state index contributed by atoms with van der Waals surface area (Å²) in [7, 11) is 0. The first-order valence-corrected chi connectivity index (χ1v) is 17.2. The number of carbonyl (C=O) groups excluding carboxylic acids is 4. The Morgan fingerprint density at radius 2 is 1.55 bits per heavy atom. The van der Waals surface area contributed by atoms with Gasteiger partial charge in [-0.3, -0.25) is 29.5 Å². The van der Waals surface area contributed by atoms with Crippen molar-refractivity contribution in [1.29, 1.82) is 0 Å². The van der Waals surface area contributed by atoms with Crippen LogP contribution in [-0.4, -0.2) is 44.7 Å². The monoisotopic (exact) mass is 685 g/mol. The van der Waals surface area contributed by atoms with E-state index in [2.05, 4.69) is 5.43 Å². The number of hydrogen-bond acceptors (Lipinski definition) is 6. The third-order valence-corrected chi connectivity index (χ3v) is 11.8. The summed E-state index contributed by atoms with van der Waals surface area (Å²) < 4.78 is 29.0. The second-order valence-corrected chi connectivity index (χ2v) is 14.3. The van der Waals surface area contributed by atoms with E-state index < -0.39 is 64.2 Å². The second kappa shape index (κ2) is 11.8.